The molecular weight excluding hydrogens is 199 g/mol. The third kappa shape index (κ3) is 5.53. The van der Waals surface area contributed by atoms with Gasteiger partial charge in [0.2, 0.25) is 0 Å². The fourth-order valence-electron chi connectivity index (χ4n) is 0.236. The molecule has 0 nitrogen and oxygen atoms in total. The van der Waals surface area contributed by atoms with E-state index in [9.17, 15) is 0 Å². The zero-order valence-corrected chi connectivity index (χ0v) is 8.82. The van der Waals surface area contributed by atoms with E-state index in [2.05, 4.69) is 18.0 Å². The van der Waals surface area contributed by atoms with Gasteiger partial charge in [-0.3, -0.25) is 0 Å². The van der Waals surface area contributed by atoms with Crippen molar-refractivity contribution in [2.75, 3.05) is 0 Å². The normalized spacial score (nSPS) is 8.00. The van der Waals surface area contributed by atoms with Crippen molar-refractivity contribution in [3.8, 4) is 0 Å². The molecule has 0 amide bonds. The molecule has 0 rings (SSSR count). The Kier molecular flexibility index (Phi) is 5.88. The van der Waals surface area contributed by atoms with E-state index < -0.39 is 0 Å². The Morgan fingerprint density at radius 2 is 2.17 bits per heavy atom. The zero-order valence-electron chi connectivity index (χ0n) is 4.49. The van der Waals surface area contributed by atoms with Crippen LogP contribution in [0.1, 0.15) is 13.8 Å². The molecule has 0 unspecified atom stereocenters. The minimum absolute atomic E-state index is 0.405. The Hall–Kier alpha value is 1.53. The van der Waals surface area contributed by atoms with E-state index in [0.717, 1.165) is 0 Å². The maximum absolute atomic E-state index is 2.40. The van der Waals surface area contributed by atoms with Gasteiger partial charge >= 0.3 is 62.6 Å². The van der Waals surface area contributed by atoms with E-state index in [1.54, 1.807) is 0 Å². The molecule has 6 heavy (non-hydrogen) atoms. The molecule has 0 heterocycles. The Balaban J connectivity index is 3.14. The van der Waals surface area contributed by atoms with Gasteiger partial charge in [0.05, 0.1) is 0 Å². The summed E-state index contributed by atoms with van der Waals surface area (Å²) in [4.78, 5) is 0. The van der Waals surface area contributed by atoms with E-state index in [1.165, 1.54) is 29.1 Å². The van der Waals surface area contributed by atoms with Gasteiger partial charge in [-0.1, -0.05) is 0 Å². The van der Waals surface area contributed by atoms with Crippen LogP contribution in [0.3, 0.4) is 0 Å². The summed E-state index contributed by atoms with van der Waals surface area (Å²) in [5, 5.41) is 0. The standard InChI is InChI=1S/C4H8Te.Na/c1-4(2)3-5;/h3,5H,1-2H3;/q;+1/p-1. The first-order valence-electron chi connectivity index (χ1n) is 1.93. The second-order valence-electron chi connectivity index (χ2n) is 1.43. The number of rotatable bonds is 1. The second-order valence-corrected chi connectivity index (χ2v) is 6.61. The Labute approximate surface area is 61.8 Å². The van der Waals surface area contributed by atoms with Gasteiger partial charge in [-0.25, -0.2) is 0 Å². The van der Waals surface area contributed by atoms with Crippen LogP contribution < -0.4 is 0 Å². The van der Waals surface area contributed by atoms with E-state index in [0.29, 0.717) is 15.5 Å². The zero-order chi connectivity index (χ0) is 4.99. The fraction of sp³-hybridized carbons (Fsp3) is 0.500. The molecule has 0 N–H and O–H groups in total. The van der Waals surface area contributed by atoms with Crippen molar-refractivity contribution in [2.24, 2.45) is 0 Å². The third-order valence-corrected chi connectivity index (χ3v) is 3.95. The van der Waals surface area contributed by atoms with Crippen LogP contribution in [0.15, 0.2) is 9.70 Å². The van der Waals surface area contributed by atoms with Crippen LogP contribution in [-0.4, -0.2) is 39.1 Å². The first-order valence-corrected chi connectivity index (χ1v) is 11.1. The molecule has 0 aliphatic heterocycles. The predicted molar refractivity (Wildman–Crippen MR) is 30.9 cm³/mol. The molecule has 0 aliphatic carbocycles. The molecule has 0 saturated heterocycles. The number of allylic oxidation sites excluding steroid dienone is 1. The van der Waals surface area contributed by atoms with Gasteiger partial charge in [-0.15, -0.1) is 0 Å². The Bertz CT molecular complexity index is 54.6. The van der Waals surface area contributed by atoms with E-state index in [1.807, 2.05) is 0 Å². The first-order chi connectivity index (χ1) is 2.77. The van der Waals surface area contributed by atoms with Crippen LogP contribution in [-0.2, 0) is 0 Å². The number of hydrogen-bond donors (Lipinski definition) is 0. The average molecular weight is 206 g/mol. The molecule has 0 saturated carbocycles. The predicted octanol–water partition coefficient (Wildman–Crippen LogP) is 0.698. The van der Waals surface area contributed by atoms with Gasteiger partial charge in [-0.2, -0.15) is 0 Å². The topological polar surface area (TPSA) is 0 Å². The van der Waals surface area contributed by atoms with Crippen LogP contribution in [0.4, 0.5) is 0 Å². The van der Waals surface area contributed by atoms with E-state index in [4.69, 9.17) is 0 Å². The quantitative estimate of drug-likeness (QED) is 0.553. The van der Waals surface area contributed by atoms with Crippen molar-refractivity contribution >= 4 is 39.1 Å². The minimum atomic E-state index is 0.405. The van der Waals surface area contributed by atoms with Crippen molar-refractivity contribution in [3.63, 3.8) is 0 Å². The Morgan fingerprint density at radius 3 is 2.17 bits per heavy atom. The van der Waals surface area contributed by atoms with Crippen LogP contribution in [0.2, 0.25) is 0 Å². The van der Waals surface area contributed by atoms with Gasteiger partial charge < -0.3 is 0 Å². The molecule has 0 spiro atoms. The molecule has 0 aromatic carbocycles. The number of hydrogen-bond acceptors (Lipinski definition) is 0. The fourth-order valence-corrected chi connectivity index (χ4v) is 4.74. The molecule has 30 valence electrons. The summed E-state index contributed by atoms with van der Waals surface area (Å²) in [6, 6.07) is 0. The molecule has 2 heteroatoms. The van der Waals surface area contributed by atoms with Crippen molar-refractivity contribution in [1.82, 2.24) is 0 Å². The van der Waals surface area contributed by atoms with Crippen LogP contribution >= 0.6 is 0 Å². The van der Waals surface area contributed by atoms with E-state index >= 15 is 0 Å². The first kappa shape index (κ1) is 7.53. The SMILES string of the molecule is CC(C)=C[Te][Na]. The molecule has 0 radical (unpaired) electrons. The monoisotopic (exact) mass is 208 g/mol. The van der Waals surface area contributed by atoms with Crippen molar-refractivity contribution in [2.45, 2.75) is 13.8 Å². The Morgan fingerprint density at radius 1 is 1.67 bits per heavy atom. The summed E-state index contributed by atoms with van der Waals surface area (Å²) in [7, 11) is 0. The molecule has 0 aliphatic rings. The summed E-state index contributed by atoms with van der Waals surface area (Å²) in [5.41, 5.74) is 1.51. The summed E-state index contributed by atoms with van der Waals surface area (Å²) in [5.74, 6) is 0. The second kappa shape index (κ2) is 4.68. The van der Waals surface area contributed by atoms with Gasteiger partial charge in [0.1, 0.15) is 0 Å². The van der Waals surface area contributed by atoms with Crippen LogP contribution in [0.5, 0.6) is 0 Å². The van der Waals surface area contributed by atoms with Gasteiger partial charge in [0.15, 0.2) is 0 Å². The molecule has 0 aromatic heterocycles. The van der Waals surface area contributed by atoms with Gasteiger partial charge in [-0.05, 0) is 0 Å². The van der Waals surface area contributed by atoms with Gasteiger partial charge in [0, 0.05) is 0 Å². The van der Waals surface area contributed by atoms with Gasteiger partial charge in [0.25, 0.3) is 0 Å². The molecular formula is C4H7NaTe. The molecule has 0 aromatic rings. The summed E-state index contributed by atoms with van der Waals surface area (Å²) in [6.07, 6.45) is 0. The molecule has 0 fully saturated rings. The summed E-state index contributed by atoms with van der Waals surface area (Å²) >= 11 is 1.85. The van der Waals surface area contributed by atoms with Crippen LogP contribution in [0.25, 0.3) is 0 Å². The summed E-state index contributed by atoms with van der Waals surface area (Å²) < 4.78 is 2.40. The molecule has 0 atom stereocenters. The third-order valence-electron chi connectivity index (χ3n) is 0.354. The van der Waals surface area contributed by atoms with Crippen molar-refractivity contribution in [3.05, 3.63) is 9.70 Å². The summed E-state index contributed by atoms with van der Waals surface area (Å²) in [6.45, 7) is 4.34. The van der Waals surface area contributed by atoms with Crippen molar-refractivity contribution < 1.29 is 0 Å². The maximum atomic E-state index is 2.40. The average Bonchev–Trinajstić information content (AvgIpc) is 1.35. The van der Waals surface area contributed by atoms with Crippen molar-refractivity contribution in [1.29, 1.82) is 0 Å². The van der Waals surface area contributed by atoms with Crippen LogP contribution in [0, 0.1) is 0 Å². The van der Waals surface area contributed by atoms with E-state index in [-0.39, 0.29) is 0 Å². The molecule has 0 bridgehead atoms.